The Morgan fingerprint density at radius 3 is 2.41 bits per heavy atom. The number of phenolic OH excluding ortho intramolecular Hbond substituents is 1. The molecule has 4 heteroatoms. The van der Waals surface area contributed by atoms with Crippen molar-refractivity contribution >= 4 is 5.97 Å². The molecule has 0 spiro atoms. The molecule has 2 rings (SSSR count). The molecular weight excluding hydrogens is 220 g/mol. The third-order valence-corrected chi connectivity index (χ3v) is 3.63. The maximum atomic E-state index is 11.4. The summed E-state index contributed by atoms with van der Waals surface area (Å²) in [5.41, 5.74) is 0.621. The monoisotopic (exact) mass is 236 g/mol. The number of phenols is 1. The Morgan fingerprint density at radius 2 is 2.06 bits per heavy atom. The number of hydrogen-bond donors (Lipinski definition) is 2. The normalized spacial score (nSPS) is 17.3. The molecule has 0 aliphatic heterocycles. The van der Waals surface area contributed by atoms with Crippen molar-refractivity contribution in [2.75, 3.05) is 7.11 Å². The van der Waals surface area contributed by atoms with E-state index in [1.165, 1.54) is 13.2 Å². The zero-order valence-electron chi connectivity index (χ0n) is 9.99. The van der Waals surface area contributed by atoms with Gasteiger partial charge in [0.15, 0.2) is 11.5 Å². The third-order valence-electron chi connectivity index (χ3n) is 3.63. The van der Waals surface area contributed by atoms with Crippen molar-refractivity contribution in [3.8, 4) is 11.5 Å². The molecule has 1 saturated carbocycles. The van der Waals surface area contributed by atoms with Crippen molar-refractivity contribution in [3.63, 3.8) is 0 Å². The zero-order valence-corrected chi connectivity index (χ0v) is 9.99. The second-order valence-electron chi connectivity index (χ2n) is 4.59. The van der Waals surface area contributed by atoms with Crippen LogP contribution >= 0.6 is 0 Å². The topological polar surface area (TPSA) is 66.8 Å². The number of carboxylic acid groups (broad SMARTS) is 1. The van der Waals surface area contributed by atoms with Crippen LogP contribution in [0.25, 0.3) is 0 Å². The molecule has 0 heterocycles. The maximum Gasteiger partial charge on any atom is 0.314 e. The molecule has 0 radical (unpaired) electrons. The molecule has 0 atom stereocenters. The molecule has 0 bridgehead atoms. The largest absolute Gasteiger partial charge is 0.504 e. The Labute approximate surface area is 99.8 Å². The fourth-order valence-corrected chi connectivity index (χ4v) is 2.45. The summed E-state index contributed by atoms with van der Waals surface area (Å²) in [5.74, 6) is -0.392. The van der Waals surface area contributed by atoms with Gasteiger partial charge in [0.05, 0.1) is 12.5 Å². The number of methoxy groups -OCH3 is 1. The van der Waals surface area contributed by atoms with Crippen LogP contribution in [-0.2, 0) is 10.2 Å². The van der Waals surface area contributed by atoms with Gasteiger partial charge in [-0.1, -0.05) is 12.5 Å². The Balaban J connectivity index is 2.50. The number of aromatic hydroxyl groups is 1. The lowest BCUT2D eigenvalue weighted by atomic mass is 9.64. The molecule has 0 aromatic heterocycles. The minimum Gasteiger partial charge on any atom is -0.504 e. The molecule has 1 fully saturated rings. The van der Waals surface area contributed by atoms with Gasteiger partial charge in [-0.15, -0.1) is 0 Å². The van der Waals surface area contributed by atoms with E-state index in [-0.39, 0.29) is 5.75 Å². The Hall–Kier alpha value is -1.71. The average Bonchev–Trinajstić information content (AvgIpc) is 2.14. The number of aliphatic carboxylic acids is 1. The van der Waals surface area contributed by atoms with Crippen LogP contribution in [0.2, 0.25) is 0 Å². The van der Waals surface area contributed by atoms with Crippen LogP contribution in [0.1, 0.15) is 30.4 Å². The molecule has 2 N–H and O–H groups in total. The van der Waals surface area contributed by atoms with E-state index in [1.807, 2.05) is 0 Å². The summed E-state index contributed by atoms with van der Waals surface area (Å²) < 4.78 is 5.06. The number of aryl methyl sites for hydroxylation is 1. The van der Waals surface area contributed by atoms with Crippen molar-refractivity contribution in [2.24, 2.45) is 0 Å². The highest BCUT2D eigenvalue weighted by atomic mass is 16.5. The van der Waals surface area contributed by atoms with Crippen LogP contribution in [0.5, 0.6) is 11.5 Å². The molecule has 0 unspecified atom stereocenters. The molecule has 0 saturated heterocycles. The molecular formula is C13H16O4. The van der Waals surface area contributed by atoms with Gasteiger partial charge in [-0.05, 0) is 37.0 Å². The Bertz CT molecular complexity index is 437. The molecule has 92 valence electrons. The summed E-state index contributed by atoms with van der Waals surface area (Å²) >= 11 is 0. The molecule has 1 aromatic carbocycles. The molecule has 1 aliphatic carbocycles. The predicted octanol–water partition coefficient (Wildman–Crippen LogP) is 2.22. The summed E-state index contributed by atoms with van der Waals surface area (Å²) in [7, 11) is 1.48. The van der Waals surface area contributed by atoms with Crippen LogP contribution in [0, 0.1) is 6.92 Å². The predicted molar refractivity (Wildman–Crippen MR) is 62.6 cm³/mol. The van der Waals surface area contributed by atoms with Crippen LogP contribution in [0.15, 0.2) is 12.1 Å². The van der Waals surface area contributed by atoms with Gasteiger partial charge in [-0.2, -0.15) is 0 Å². The van der Waals surface area contributed by atoms with Crippen LogP contribution < -0.4 is 4.74 Å². The van der Waals surface area contributed by atoms with Crippen molar-refractivity contribution in [2.45, 2.75) is 31.6 Å². The number of hydrogen-bond acceptors (Lipinski definition) is 3. The van der Waals surface area contributed by atoms with Crippen LogP contribution in [0.4, 0.5) is 0 Å². The highest BCUT2D eigenvalue weighted by molar-refractivity contribution is 5.83. The lowest BCUT2D eigenvalue weighted by Gasteiger charge is -2.38. The van der Waals surface area contributed by atoms with Gasteiger partial charge in [0.1, 0.15) is 0 Å². The number of ether oxygens (including phenoxy) is 1. The van der Waals surface area contributed by atoms with Gasteiger partial charge in [0, 0.05) is 0 Å². The van der Waals surface area contributed by atoms with E-state index < -0.39 is 11.4 Å². The van der Waals surface area contributed by atoms with Gasteiger partial charge in [0.25, 0.3) is 0 Å². The van der Waals surface area contributed by atoms with Crippen LogP contribution in [-0.4, -0.2) is 23.3 Å². The summed E-state index contributed by atoms with van der Waals surface area (Å²) in [6, 6.07) is 3.31. The van der Waals surface area contributed by atoms with Gasteiger partial charge in [0.2, 0.25) is 0 Å². The van der Waals surface area contributed by atoms with Gasteiger partial charge >= 0.3 is 5.97 Å². The first-order valence-corrected chi connectivity index (χ1v) is 5.63. The van der Waals surface area contributed by atoms with E-state index in [0.29, 0.717) is 24.2 Å². The van der Waals surface area contributed by atoms with Gasteiger partial charge in [-0.25, -0.2) is 0 Å². The molecule has 4 nitrogen and oxygen atoms in total. The average molecular weight is 236 g/mol. The number of carboxylic acids is 1. The number of carbonyl (C=O) groups is 1. The van der Waals surface area contributed by atoms with E-state index in [1.54, 1.807) is 13.0 Å². The first-order chi connectivity index (χ1) is 8.01. The van der Waals surface area contributed by atoms with Gasteiger partial charge in [-0.3, -0.25) is 4.79 Å². The van der Waals surface area contributed by atoms with Crippen LogP contribution in [0.3, 0.4) is 0 Å². The van der Waals surface area contributed by atoms with Gasteiger partial charge < -0.3 is 14.9 Å². The first kappa shape index (κ1) is 11.8. The summed E-state index contributed by atoms with van der Waals surface area (Å²) in [6.07, 6.45) is 2.18. The zero-order chi connectivity index (χ0) is 12.6. The summed E-state index contributed by atoms with van der Waals surface area (Å²) in [6.45, 7) is 1.80. The summed E-state index contributed by atoms with van der Waals surface area (Å²) in [4.78, 5) is 11.4. The standard InChI is InChI=1S/C13H16O4/c1-8-6-9(7-10(14)11(8)17-2)13(12(15)16)4-3-5-13/h6-7,14H,3-5H2,1-2H3,(H,15,16). The van der Waals surface area contributed by atoms with E-state index in [2.05, 4.69) is 0 Å². The lowest BCUT2D eigenvalue weighted by molar-refractivity contribution is -0.147. The minimum absolute atomic E-state index is 0.00928. The maximum absolute atomic E-state index is 11.4. The van der Waals surface area contributed by atoms with Crippen molar-refractivity contribution in [3.05, 3.63) is 23.3 Å². The SMILES string of the molecule is COc1c(C)cc(C2(C(=O)O)CCC2)cc1O. The van der Waals surface area contributed by atoms with E-state index in [0.717, 1.165) is 12.0 Å². The van der Waals surface area contributed by atoms with E-state index >= 15 is 0 Å². The summed E-state index contributed by atoms with van der Waals surface area (Å²) in [5, 5.41) is 19.2. The number of benzene rings is 1. The first-order valence-electron chi connectivity index (χ1n) is 5.63. The highest BCUT2D eigenvalue weighted by Crippen LogP contribution is 2.46. The van der Waals surface area contributed by atoms with Crippen molar-refractivity contribution in [1.82, 2.24) is 0 Å². The smallest absolute Gasteiger partial charge is 0.314 e. The van der Waals surface area contributed by atoms with Crippen molar-refractivity contribution in [1.29, 1.82) is 0 Å². The highest BCUT2D eigenvalue weighted by Gasteiger charge is 2.46. The quantitative estimate of drug-likeness (QED) is 0.844. The lowest BCUT2D eigenvalue weighted by Crippen LogP contribution is -2.42. The van der Waals surface area contributed by atoms with Crippen molar-refractivity contribution < 1.29 is 19.7 Å². The Kier molecular flexibility index (Phi) is 2.73. The van der Waals surface area contributed by atoms with E-state index in [9.17, 15) is 15.0 Å². The second-order valence-corrected chi connectivity index (χ2v) is 4.59. The fourth-order valence-electron chi connectivity index (χ4n) is 2.45. The molecule has 0 amide bonds. The second kappa shape index (κ2) is 3.95. The Morgan fingerprint density at radius 1 is 1.41 bits per heavy atom. The molecule has 1 aromatic rings. The third kappa shape index (κ3) is 1.64. The fraction of sp³-hybridized carbons (Fsp3) is 0.462. The molecule has 1 aliphatic rings. The van der Waals surface area contributed by atoms with E-state index in [4.69, 9.17) is 4.74 Å². The number of rotatable bonds is 3. The minimum atomic E-state index is -0.812. The molecule has 17 heavy (non-hydrogen) atoms.